The normalized spacial score (nSPS) is 15.0. The van der Waals surface area contributed by atoms with Gasteiger partial charge in [-0.15, -0.1) is 12.4 Å². The molecule has 2 N–H and O–H groups in total. The maximum atomic E-state index is 11.7. The molecule has 1 amide bonds. The number of aromatic hydroxyl groups is 1. The highest BCUT2D eigenvalue weighted by atomic mass is 35.5. The number of phenolic OH excluding ortho intramolecular Hbond substituents is 1. The van der Waals surface area contributed by atoms with Gasteiger partial charge in [-0.05, 0) is 12.1 Å². The van der Waals surface area contributed by atoms with Crippen molar-refractivity contribution in [2.45, 2.75) is 6.42 Å². The second-order valence-corrected chi connectivity index (χ2v) is 5.00. The molecule has 10 heteroatoms. The molecule has 1 aliphatic rings. The fourth-order valence-corrected chi connectivity index (χ4v) is 2.09. The van der Waals surface area contributed by atoms with E-state index in [2.05, 4.69) is 15.4 Å². The average molecular weight is 359 g/mol. The minimum Gasteiger partial charge on any atom is -0.502 e. The number of nitro groups is 1. The third-order valence-electron chi connectivity index (χ3n) is 3.36. The van der Waals surface area contributed by atoms with Crippen LogP contribution < -0.4 is 5.43 Å². The Hall–Kier alpha value is -2.23. The molecule has 1 fully saturated rings. The fourth-order valence-electron chi connectivity index (χ4n) is 2.09. The summed E-state index contributed by atoms with van der Waals surface area (Å²) < 4.78 is 5.22. The molecule has 0 saturated carbocycles. The van der Waals surface area contributed by atoms with Crippen LogP contribution in [0.4, 0.5) is 5.69 Å². The second kappa shape index (κ2) is 9.81. The van der Waals surface area contributed by atoms with E-state index < -0.39 is 16.4 Å². The van der Waals surface area contributed by atoms with Crippen molar-refractivity contribution in [1.29, 1.82) is 0 Å². The number of carbonyl (C=O) groups is 1. The fraction of sp³-hybridized carbons (Fsp3) is 0.429. The third kappa shape index (κ3) is 6.11. The number of ether oxygens (including phenoxy) is 1. The van der Waals surface area contributed by atoms with Gasteiger partial charge in [0.15, 0.2) is 5.75 Å². The van der Waals surface area contributed by atoms with Crippen LogP contribution in [-0.4, -0.2) is 59.9 Å². The number of morpholine rings is 1. The Morgan fingerprint density at radius 2 is 2.17 bits per heavy atom. The lowest BCUT2D eigenvalue weighted by Crippen LogP contribution is -2.38. The molecular weight excluding hydrogens is 340 g/mol. The molecule has 0 atom stereocenters. The first kappa shape index (κ1) is 19.8. The molecule has 0 radical (unpaired) electrons. The summed E-state index contributed by atoms with van der Waals surface area (Å²) in [5, 5.41) is 23.8. The molecule has 1 aliphatic heterocycles. The number of hydrogen-bond donors (Lipinski definition) is 2. The van der Waals surface area contributed by atoms with E-state index in [4.69, 9.17) is 4.74 Å². The highest BCUT2D eigenvalue weighted by Gasteiger charge is 2.13. The molecule has 2 rings (SSSR count). The number of hydrogen-bond acceptors (Lipinski definition) is 7. The molecule has 1 aromatic carbocycles. The van der Waals surface area contributed by atoms with E-state index in [0.717, 1.165) is 13.1 Å². The van der Waals surface area contributed by atoms with Gasteiger partial charge in [0.1, 0.15) is 0 Å². The molecule has 9 nitrogen and oxygen atoms in total. The van der Waals surface area contributed by atoms with Gasteiger partial charge in [0.05, 0.1) is 24.4 Å². The van der Waals surface area contributed by atoms with Crippen LogP contribution in [0.3, 0.4) is 0 Å². The van der Waals surface area contributed by atoms with Crippen molar-refractivity contribution in [3.8, 4) is 5.75 Å². The molecule has 0 aliphatic carbocycles. The monoisotopic (exact) mass is 358 g/mol. The van der Waals surface area contributed by atoms with E-state index in [9.17, 15) is 20.0 Å². The second-order valence-electron chi connectivity index (χ2n) is 5.00. The standard InChI is InChI=1S/C14H18N4O5.ClH/c19-13-2-1-11(9-12(13)18(21)22)10-15-16-14(20)3-4-17-5-7-23-8-6-17;/h1-2,9-10,19H,3-8H2,(H,16,20);1H/b15-10+;. The first-order chi connectivity index (χ1) is 11.1. The van der Waals surface area contributed by atoms with Crippen LogP contribution in [0.5, 0.6) is 5.75 Å². The van der Waals surface area contributed by atoms with Crippen molar-refractivity contribution < 1.29 is 19.6 Å². The minimum absolute atomic E-state index is 0. The van der Waals surface area contributed by atoms with Gasteiger partial charge in [-0.3, -0.25) is 19.8 Å². The van der Waals surface area contributed by atoms with Gasteiger partial charge < -0.3 is 9.84 Å². The summed E-state index contributed by atoms with van der Waals surface area (Å²) in [4.78, 5) is 23.8. The molecule has 1 saturated heterocycles. The maximum Gasteiger partial charge on any atom is 0.311 e. The average Bonchev–Trinajstić information content (AvgIpc) is 2.55. The molecule has 1 aromatic rings. The quantitative estimate of drug-likeness (QED) is 0.443. The number of nitro benzene ring substituents is 1. The molecule has 24 heavy (non-hydrogen) atoms. The van der Waals surface area contributed by atoms with Crippen LogP contribution in [0, 0.1) is 10.1 Å². The summed E-state index contributed by atoms with van der Waals surface area (Å²) >= 11 is 0. The van der Waals surface area contributed by atoms with Crippen molar-refractivity contribution in [3.63, 3.8) is 0 Å². The number of nitrogens with zero attached hydrogens (tertiary/aromatic N) is 3. The Balaban J connectivity index is 0.00000288. The zero-order valence-electron chi connectivity index (χ0n) is 12.9. The number of hydrazone groups is 1. The van der Waals surface area contributed by atoms with Crippen molar-refractivity contribution in [2.75, 3.05) is 32.8 Å². The molecule has 132 valence electrons. The number of halogens is 1. The third-order valence-corrected chi connectivity index (χ3v) is 3.36. The lowest BCUT2D eigenvalue weighted by Gasteiger charge is -2.25. The first-order valence-electron chi connectivity index (χ1n) is 7.15. The van der Waals surface area contributed by atoms with Crippen molar-refractivity contribution >= 4 is 30.2 Å². The largest absolute Gasteiger partial charge is 0.502 e. The molecule has 0 unspecified atom stereocenters. The van der Waals surface area contributed by atoms with Crippen molar-refractivity contribution in [3.05, 3.63) is 33.9 Å². The number of rotatable bonds is 6. The predicted octanol–water partition coefficient (Wildman–Crippen LogP) is 0.895. The Bertz CT molecular complexity index is 605. The number of amides is 1. The van der Waals surface area contributed by atoms with Crippen molar-refractivity contribution in [1.82, 2.24) is 10.3 Å². The lowest BCUT2D eigenvalue weighted by atomic mass is 10.2. The minimum atomic E-state index is -0.687. The van der Waals surface area contributed by atoms with Gasteiger partial charge in [0.2, 0.25) is 5.91 Å². The van der Waals surface area contributed by atoms with Crippen LogP contribution in [0.25, 0.3) is 0 Å². The van der Waals surface area contributed by atoms with E-state index in [1.54, 1.807) is 0 Å². The van der Waals surface area contributed by atoms with Crippen LogP contribution in [-0.2, 0) is 9.53 Å². The van der Waals surface area contributed by atoms with E-state index in [1.807, 2.05) is 0 Å². The summed E-state index contributed by atoms with van der Waals surface area (Å²) in [6.45, 7) is 3.62. The number of phenols is 1. The zero-order chi connectivity index (χ0) is 16.7. The van der Waals surface area contributed by atoms with E-state index in [-0.39, 0.29) is 18.3 Å². The van der Waals surface area contributed by atoms with Crippen LogP contribution in [0.1, 0.15) is 12.0 Å². The van der Waals surface area contributed by atoms with Gasteiger partial charge in [-0.1, -0.05) is 0 Å². The van der Waals surface area contributed by atoms with Gasteiger partial charge in [0, 0.05) is 37.7 Å². The molecule has 0 spiro atoms. The molecular formula is C14H19ClN4O5. The molecule has 1 heterocycles. The molecule has 0 bridgehead atoms. The lowest BCUT2D eigenvalue weighted by molar-refractivity contribution is -0.385. The Morgan fingerprint density at radius 3 is 2.83 bits per heavy atom. The summed E-state index contributed by atoms with van der Waals surface area (Å²) in [5.41, 5.74) is 2.37. The van der Waals surface area contributed by atoms with Crippen LogP contribution >= 0.6 is 12.4 Å². The summed E-state index contributed by atoms with van der Waals surface area (Å²) in [7, 11) is 0. The maximum absolute atomic E-state index is 11.7. The topological polar surface area (TPSA) is 117 Å². The zero-order valence-corrected chi connectivity index (χ0v) is 13.7. The highest BCUT2D eigenvalue weighted by molar-refractivity contribution is 5.85. The van der Waals surface area contributed by atoms with E-state index >= 15 is 0 Å². The van der Waals surface area contributed by atoms with Gasteiger partial charge in [-0.25, -0.2) is 5.43 Å². The van der Waals surface area contributed by atoms with Gasteiger partial charge in [0.25, 0.3) is 0 Å². The van der Waals surface area contributed by atoms with Crippen LogP contribution in [0.2, 0.25) is 0 Å². The van der Waals surface area contributed by atoms with Gasteiger partial charge in [-0.2, -0.15) is 5.10 Å². The summed E-state index contributed by atoms with van der Waals surface area (Å²) in [6.07, 6.45) is 1.60. The highest BCUT2D eigenvalue weighted by Crippen LogP contribution is 2.25. The Kier molecular flexibility index (Phi) is 8.10. The Labute approximate surface area is 144 Å². The molecule has 0 aromatic heterocycles. The van der Waals surface area contributed by atoms with E-state index in [0.29, 0.717) is 31.7 Å². The van der Waals surface area contributed by atoms with Crippen molar-refractivity contribution in [2.24, 2.45) is 5.10 Å². The number of carbonyl (C=O) groups excluding carboxylic acids is 1. The summed E-state index contributed by atoms with van der Waals surface area (Å²) in [5.74, 6) is -0.650. The SMILES string of the molecule is Cl.O=C(CCN1CCOCC1)N/N=C/c1ccc(O)c([N+](=O)[O-])c1. The summed E-state index contributed by atoms with van der Waals surface area (Å²) in [6, 6.07) is 3.85. The number of nitrogens with one attached hydrogen (secondary N) is 1. The van der Waals surface area contributed by atoms with Crippen LogP contribution in [0.15, 0.2) is 23.3 Å². The predicted molar refractivity (Wildman–Crippen MR) is 89.6 cm³/mol. The number of benzene rings is 1. The van der Waals surface area contributed by atoms with E-state index in [1.165, 1.54) is 24.4 Å². The first-order valence-corrected chi connectivity index (χ1v) is 7.15. The smallest absolute Gasteiger partial charge is 0.311 e. The van der Waals surface area contributed by atoms with Gasteiger partial charge >= 0.3 is 5.69 Å². The Morgan fingerprint density at radius 1 is 1.46 bits per heavy atom.